The third-order valence-electron chi connectivity index (χ3n) is 4.06. The first-order chi connectivity index (χ1) is 10.7. The normalized spacial score (nSPS) is 18.4. The van der Waals surface area contributed by atoms with Gasteiger partial charge >= 0.3 is 0 Å². The molecule has 0 spiro atoms. The topological polar surface area (TPSA) is 71.5 Å². The molecule has 7 heteroatoms. The molecule has 1 saturated heterocycles. The van der Waals surface area contributed by atoms with E-state index in [2.05, 4.69) is 0 Å². The van der Waals surface area contributed by atoms with E-state index in [0.29, 0.717) is 12.8 Å². The Kier molecular flexibility index (Phi) is 5.86. The van der Waals surface area contributed by atoms with Gasteiger partial charge in [-0.1, -0.05) is 44.2 Å². The maximum atomic E-state index is 12.5. The van der Waals surface area contributed by atoms with Crippen molar-refractivity contribution in [1.82, 2.24) is 4.31 Å². The first kappa shape index (κ1) is 18.4. The van der Waals surface area contributed by atoms with Crippen LogP contribution in [0, 0.1) is 5.92 Å². The number of sulfone groups is 1. The van der Waals surface area contributed by atoms with Gasteiger partial charge < -0.3 is 0 Å². The molecule has 0 bridgehead atoms. The van der Waals surface area contributed by atoms with Gasteiger partial charge in [0.2, 0.25) is 10.0 Å². The SMILES string of the molecule is CC(C)CS(=O)(=O)C1CCN(S(=O)(=O)Cc2ccccc2)CC1. The Balaban J connectivity index is 1.98. The molecule has 0 atom stereocenters. The Hall–Kier alpha value is -0.920. The second-order valence-electron chi connectivity index (χ2n) is 6.56. The molecular formula is C16H25NO4S2. The van der Waals surface area contributed by atoms with Crippen molar-refractivity contribution in [3.63, 3.8) is 0 Å². The third kappa shape index (κ3) is 5.02. The zero-order valence-corrected chi connectivity index (χ0v) is 15.3. The zero-order chi connectivity index (χ0) is 17.1. The summed E-state index contributed by atoms with van der Waals surface area (Å²) in [4.78, 5) is 0. The summed E-state index contributed by atoms with van der Waals surface area (Å²) < 4.78 is 50.9. The maximum absolute atomic E-state index is 12.5. The van der Waals surface area contributed by atoms with E-state index in [1.165, 1.54) is 4.31 Å². The van der Waals surface area contributed by atoms with Crippen molar-refractivity contribution in [3.8, 4) is 0 Å². The van der Waals surface area contributed by atoms with E-state index in [-0.39, 0.29) is 30.5 Å². The van der Waals surface area contributed by atoms with Gasteiger partial charge in [0.05, 0.1) is 16.8 Å². The van der Waals surface area contributed by atoms with Crippen LogP contribution in [0.15, 0.2) is 30.3 Å². The van der Waals surface area contributed by atoms with E-state index in [9.17, 15) is 16.8 Å². The van der Waals surface area contributed by atoms with E-state index in [1.807, 2.05) is 32.0 Å². The average Bonchev–Trinajstić information content (AvgIpc) is 2.47. The lowest BCUT2D eigenvalue weighted by molar-refractivity contribution is 0.344. The number of rotatable bonds is 6. The molecule has 0 saturated carbocycles. The molecular weight excluding hydrogens is 334 g/mol. The fraction of sp³-hybridized carbons (Fsp3) is 0.625. The lowest BCUT2D eigenvalue weighted by atomic mass is 10.2. The van der Waals surface area contributed by atoms with Crippen LogP contribution in [0.3, 0.4) is 0 Å². The highest BCUT2D eigenvalue weighted by atomic mass is 32.2. The molecule has 1 aliphatic heterocycles. The Bertz CT molecular complexity index is 704. The lowest BCUT2D eigenvalue weighted by Crippen LogP contribution is -2.43. The van der Waals surface area contributed by atoms with Gasteiger partial charge in [-0.05, 0) is 24.3 Å². The van der Waals surface area contributed by atoms with Crippen LogP contribution >= 0.6 is 0 Å². The summed E-state index contributed by atoms with van der Waals surface area (Å²) in [6.07, 6.45) is 0.784. The van der Waals surface area contributed by atoms with Crippen molar-refractivity contribution in [2.45, 2.75) is 37.7 Å². The fourth-order valence-electron chi connectivity index (χ4n) is 2.95. The van der Waals surface area contributed by atoms with Crippen molar-refractivity contribution < 1.29 is 16.8 Å². The van der Waals surface area contributed by atoms with Gasteiger partial charge in [0.1, 0.15) is 0 Å². The van der Waals surface area contributed by atoms with Gasteiger partial charge in [0, 0.05) is 13.1 Å². The molecule has 23 heavy (non-hydrogen) atoms. The van der Waals surface area contributed by atoms with Crippen LogP contribution in [0.2, 0.25) is 0 Å². The molecule has 0 unspecified atom stereocenters. The standard InChI is InChI=1S/C16H25NO4S2/c1-14(2)12-22(18,19)16-8-10-17(11-9-16)23(20,21)13-15-6-4-3-5-7-15/h3-7,14,16H,8-13H2,1-2H3. The molecule has 0 amide bonds. The number of benzene rings is 1. The Morgan fingerprint density at radius 1 is 1.04 bits per heavy atom. The molecule has 2 rings (SSSR count). The van der Waals surface area contributed by atoms with Crippen molar-refractivity contribution in [3.05, 3.63) is 35.9 Å². The zero-order valence-electron chi connectivity index (χ0n) is 13.7. The number of nitrogens with zero attached hydrogens (tertiary/aromatic N) is 1. The number of piperidine rings is 1. The van der Waals surface area contributed by atoms with Crippen LogP contribution in [0.25, 0.3) is 0 Å². The molecule has 1 aromatic carbocycles. The average molecular weight is 360 g/mol. The molecule has 1 fully saturated rings. The molecule has 1 aromatic rings. The lowest BCUT2D eigenvalue weighted by Gasteiger charge is -2.31. The minimum absolute atomic E-state index is 0.0305. The van der Waals surface area contributed by atoms with Crippen LogP contribution in [0.4, 0.5) is 0 Å². The maximum Gasteiger partial charge on any atom is 0.218 e. The second kappa shape index (κ2) is 7.32. The first-order valence-electron chi connectivity index (χ1n) is 7.94. The summed E-state index contributed by atoms with van der Waals surface area (Å²) in [5.41, 5.74) is 0.752. The third-order valence-corrected chi connectivity index (χ3v) is 8.53. The van der Waals surface area contributed by atoms with Gasteiger partial charge in [-0.2, -0.15) is 0 Å². The predicted molar refractivity (Wildman–Crippen MR) is 92.3 cm³/mol. The number of hydrogen-bond donors (Lipinski definition) is 0. The first-order valence-corrected chi connectivity index (χ1v) is 11.3. The van der Waals surface area contributed by atoms with Gasteiger partial charge in [0.25, 0.3) is 0 Å². The van der Waals surface area contributed by atoms with Crippen molar-refractivity contribution in [2.75, 3.05) is 18.8 Å². The smallest absolute Gasteiger partial charge is 0.218 e. The van der Waals surface area contributed by atoms with E-state index in [1.54, 1.807) is 12.1 Å². The fourth-order valence-corrected chi connectivity index (χ4v) is 6.64. The van der Waals surface area contributed by atoms with Crippen LogP contribution in [-0.4, -0.2) is 45.2 Å². The Morgan fingerprint density at radius 3 is 2.13 bits per heavy atom. The van der Waals surface area contributed by atoms with E-state index < -0.39 is 25.1 Å². The summed E-state index contributed by atoms with van der Waals surface area (Å²) in [7, 11) is -6.52. The summed E-state index contributed by atoms with van der Waals surface area (Å²) in [5, 5.41) is -0.409. The van der Waals surface area contributed by atoms with Crippen LogP contribution in [0.1, 0.15) is 32.3 Å². The molecule has 0 aliphatic carbocycles. The van der Waals surface area contributed by atoms with E-state index in [0.717, 1.165) is 5.56 Å². The van der Waals surface area contributed by atoms with Gasteiger partial charge in [-0.25, -0.2) is 21.1 Å². The van der Waals surface area contributed by atoms with Crippen molar-refractivity contribution in [1.29, 1.82) is 0 Å². The van der Waals surface area contributed by atoms with Gasteiger partial charge in [-0.15, -0.1) is 0 Å². The molecule has 130 valence electrons. The highest BCUT2D eigenvalue weighted by molar-refractivity contribution is 7.92. The summed E-state index contributed by atoms with van der Waals surface area (Å²) >= 11 is 0. The van der Waals surface area contributed by atoms with Gasteiger partial charge in [0.15, 0.2) is 9.84 Å². The van der Waals surface area contributed by atoms with Gasteiger partial charge in [-0.3, -0.25) is 0 Å². The summed E-state index contributed by atoms with van der Waals surface area (Å²) in [5.74, 6) is 0.242. The highest BCUT2D eigenvalue weighted by Gasteiger charge is 2.34. The summed E-state index contributed by atoms with van der Waals surface area (Å²) in [6, 6.07) is 9.06. The largest absolute Gasteiger partial charge is 0.229 e. The van der Waals surface area contributed by atoms with E-state index in [4.69, 9.17) is 0 Å². The molecule has 0 aromatic heterocycles. The summed E-state index contributed by atoms with van der Waals surface area (Å²) in [6.45, 7) is 4.35. The number of sulfonamides is 1. The Labute approximate surface area is 139 Å². The van der Waals surface area contributed by atoms with Crippen LogP contribution in [0.5, 0.6) is 0 Å². The second-order valence-corrected chi connectivity index (χ2v) is 10.9. The monoisotopic (exact) mass is 359 g/mol. The van der Waals surface area contributed by atoms with Crippen molar-refractivity contribution in [2.24, 2.45) is 5.92 Å². The molecule has 5 nitrogen and oxygen atoms in total. The predicted octanol–water partition coefficient (Wildman–Crippen LogP) is 2.05. The van der Waals surface area contributed by atoms with E-state index >= 15 is 0 Å². The number of hydrogen-bond acceptors (Lipinski definition) is 4. The quantitative estimate of drug-likeness (QED) is 0.779. The highest BCUT2D eigenvalue weighted by Crippen LogP contribution is 2.23. The minimum Gasteiger partial charge on any atom is -0.229 e. The molecule has 1 heterocycles. The van der Waals surface area contributed by atoms with Crippen LogP contribution < -0.4 is 0 Å². The molecule has 0 N–H and O–H groups in total. The van der Waals surface area contributed by atoms with Crippen LogP contribution in [-0.2, 0) is 25.6 Å². The Morgan fingerprint density at radius 2 is 1.61 bits per heavy atom. The minimum atomic E-state index is -3.39. The molecule has 1 aliphatic rings. The molecule has 0 radical (unpaired) electrons. The van der Waals surface area contributed by atoms with Crippen molar-refractivity contribution >= 4 is 19.9 Å².